The van der Waals surface area contributed by atoms with Crippen molar-refractivity contribution in [2.24, 2.45) is 29.6 Å². The SMILES string of the molecule is C=C(CCCC1CCC(C)CN1C)C1CC=C(C[C@@H](C)CC2C=CC(C#N)CC2)[C@H](OC)C1. The Hall–Kier alpha value is -1.37. The Balaban J connectivity index is 1.42. The zero-order valence-electron chi connectivity index (χ0n) is 21.8. The van der Waals surface area contributed by atoms with Gasteiger partial charge in [-0.05, 0) is 107 Å². The first-order valence-electron chi connectivity index (χ1n) is 13.6. The minimum atomic E-state index is 0.132. The number of nitrogens with zero attached hydrogens (tertiary/aromatic N) is 2. The first-order chi connectivity index (χ1) is 15.9. The molecule has 7 atom stereocenters. The molecule has 0 aromatic heterocycles. The maximum Gasteiger partial charge on any atom is 0.0787 e. The highest BCUT2D eigenvalue weighted by atomic mass is 16.5. The molecule has 0 aromatic carbocycles. The van der Waals surface area contributed by atoms with Crippen molar-refractivity contribution >= 4 is 0 Å². The molecule has 1 saturated heterocycles. The van der Waals surface area contributed by atoms with Crippen LogP contribution in [0.1, 0.15) is 84.5 Å². The molecule has 1 fully saturated rings. The van der Waals surface area contributed by atoms with Gasteiger partial charge in [0, 0.05) is 19.7 Å². The van der Waals surface area contributed by atoms with Crippen LogP contribution in [0.3, 0.4) is 0 Å². The molecule has 3 rings (SSSR count). The third-order valence-electron chi connectivity index (χ3n) is 8.61. The Morgan fingerprint density at radius 3 is 2.76 bits per heavy atom. The fourth-order valence-electron chi connectivity index (χ4n) is 6.47. The van der Waals surface area contributed by atoms with E-state index in [1.54, 1.807) is 0 Å². The molecule has 3 nitrogen and oxygen atoms in total. The summed E-state index contributed by atoms with van der Waals surface area (Å²) in [5.74, 6) is 2.84. The molecule has 0 N–H and O–H groups in total. The third-order valence-corrected chi connectivity index (χ3v) is 8.61. The number of nitriles is 1. The van der Waals surface area contributed by atoms with Crippen molar-refractivity contribution in [3.05, 3.63) is 36.0 Å². The van der Waals surface area contributed by atoms with Gasteiger partial charge in [0.1, 0.15) is 0 Å². The fraction of sp³-hybridized carbons (Fsp3) is 0.767. The highest BCUT2D eigenvalue weighted by Gasteiger charge is 2.28. The van der Waals surface area contributed by atoms with Crippen molar-refractivity contribution in [1.29, 1.82) is 5.26 Å². The van der Waals surface area contributed by atoms with Crippen LogP contribution in [0.4, 0.5) is 0 Å². The van der Waals surface area contributed by atoms with E-state index >= 15 is 0 Å². The predicted molar refractivity (Wildman–Crippen MR) is 139 cm³/mol. The average molecular weight is 453 g/mol. The van der Waals surface area contributed by atoms with Gasteiger partial charge in [0.25, 0.3) is 0 Å². The highest BCUT2D eigenvalue weighted by molar-refractivity contribution is 5.19. The predicted octanol–water partition coefficient (Wildman–Crippen LogP) is 7.32. The molecule has 1 heterocycles. The summed E-state index contributed by atoms with van der Waals surface area (Å²) in [6, 6.07) is 3.15. The van der Waals surface area contributed by atoms with Crippen LogP contribution in [0.2, 0.25) is 0 Å². The van der Waals surface area contributed by atoms with Gasteiger partial charge in [-0.1, -0.05) is 44.2 Å². The number of piperidine rings is 1. The first-order valence-corrected chi connectivity index (χ1v) is 13.6. The number of hydrogen-bond donors (Lipinski definition) is 0. The Morgan fingerprint density at radius 2 is 2.09 bits per heavy atom. The topological polar surface area (TPSA) is 36.3 Å². The van der Waals surface area contributed by atoms with Crippen LogP contribution < -0.4 is 0 Å². The summed E-state index contributed by atoms with van der Waals surface area (Å²) in [5, 5.41) is 9.09. The molecule has 33 heavy (non-hydrogen) atoms. The largest absolute Gasteiger partial charge is 0.377 e. The molecule has 0 radical (unpaired) electrons. The van der Waals surface area contributed by atoms with Crippen molar-refractivity contribution in [2.75, 3.05) is 20.7 Å². The van der Waals surface area contributed by atoms with Crippen LogP contribution in [0, 0.1) is 40.9 Å². The zero-order chi connectivity index (χ0) is 23.8. The van der Waals surface area contributed by atoms with E-state index < -0.39 is 0 Å². The van der Waals surface area contributed by atoms with Crippen LogP contribution >= 0.6 is 0 Å². The maximum absolute atomic E-state index is 9.09. The molecule has 184 valence electrons. The average Bonchev–Trinajstić information content (AvgIpc) is 2.81. The van der Waals surface area contributed by atoms with Gasteiger partial charge < -0.3 is 9.64 Å². The molecular weight excluding hydrogens is 404 g/mol. The molecule has 0 spiro atoms. The number of ether oxygens (including phenoxy) is 1. The summed E-state index contributed by atoms with van der Waals surface area (Å²) in [7, 11) is 4.18. The molecule has 0 aromatic rings. The summed E-state index contributed by atoms with van der Waals surface area (Å²) < 4.78 is 5.96. The zero-order valence-corrected chi connectivity index (χ0v) is 21.8. The van der Waals surface area contributed by atoms with Gasteiger partial charge in [-0.3, -0.25) is 0 Å². The van der Waals surface area contributed by atoms with Crippen molar-refractivity contribution in [3.63, 3.8) is 0 Å². The van der Waals surface area contributed by atoms with Gasteiger partial charge in [-0.2, -0.15) is 5.26 Å². The molecule has 0 amide bonds. The molecule has 1 aliphatic heterocycles. The van der Waals surface area contributed by atoms with E-state index in [1.807, 2.05) is 7.11 Å². The highest BCUT2D eigenvalue weighted by Crippen LogP contribution is 2.37. The Kier molecular flexibility index (Phi) is 10.3. The number of rotatable bonds is 10. The Labute approximate surface area is 204 Å². The number of methoxy groups -OCH3 is 1. The standard InChI is InChI=1S/C30H48N2O/c1-22-9-16-29(32(4)21-22)8-6-7-24(3)27-14-15-28(30(19-27)33-5)18-23(2)17-25-10-12-26(20-31)13-11-25/h10,12,15,22-23,25-27,29-30H,3,6-9,11,13-14,16-19,21H2,1-2,4-5H3/t22?,23-,25?,26?,27?,29?,30+/m0/s1. The quantitative estimate of drug-likeness (QED) is 0.326. The molecule has 0 saturated carbocycles. The summed E-state index contributed by atoms with van der Waals surface area (Å²) in [6.45, 7) is 10.5. The van der Waals surface area contributed by atoms with Crippen molar-refractivity contribution in [3.8, 4) is 6.07 Å². The lowest BCUT2D eigenvalue weighted by molar-refractivity contribution is 0.101. The normalized spacial score (nSPS) is 33.8. The molecular formula is C30H48N2O. The van der Waals surface area contributed by atoms with Gasteiger partial charge in [0.2, 0.25) is 0 Å². The van der Waals surface area contributed by atoms with Gasteiger partial charge in [0.05, 0.1) is 18.1 Å². The van der Waals surface area contributed by atoms with E-state index in [0.717, 1.165) is 50.5 Å². The Bertz CT molecular complexity index is 732. The van der Waals surface area contributed by atoms with Crippen molar-refractivity contribution in [2.45, 2.75) is 96.6 Å². The number of allylic oxidation sites excluding steroid dienone is 4. The molecule has 3 heteroatoms. The molecule has 2 aliphatic carbocycles. The maximum atomic E-state index is 9.09. The Morgan fingerprint density at radius 1 is 1.27 bits per heavy atom. The number of likely N-dealkylation sites (tertiary alicyclic amines) is 1. The fourth-order valence-corrected chi connectivity index (χ4v) is 6.47. The van der Waals surface area contributed by atoms with Crippen LogP contribution in [-0.2, 0) is 4.74 Å². The van der Waals surface area contributed by atoms with E-state index in [2.05, 4.69) is 56.7 Å². The summed E-state index contributed by atoms with van der Waals surface area (Å²) in [4.78, 5) is 2.58. The van der Waals surface area contributed by atoms with E-state index in [-0.39, 0.29) is 12.0 Å². The summed E-state index contributed by atoms with van der Waals surface area (Å²) in [6.07, 6.45) is 20.4. The minimum absolute atomic E-state index is 0.132. The summed E-state index contributed by atoms with van der Waals surface area (Å²) >= 11 is 0. The lowest BCUT2D eigenvalue weighted by Gasteiger charge is -2.36. The van der Waals surface area contributed by atoms with E-state index in [9.17, 15) is 0 Å². The van der Waals surface area contributed by atoms with Gasteiger partial charge in [0.15, 0.2) is 0 Å². The van der Waals surface area contributed by atoms with Crippen LogP contribution in [0.15, 0.2) is 36.0 Å². The monoisotopic (exact) mass is 452 g/mol. The molecule has 3 aliphatic rings. The lowest BCUT2D eigenvalue weighted by atomic mass is 9.77. The van der Waals surface area contributed by atoms with E-state index in [4.69, 9.17) is 10.00 Å². The van der Waals surface area contributed by atoms with Gasteiger partial charge in [-0.15, -0.1) is 0 Å². The van der Waals surface area contributed by atoms with E-state index in [1.165, 1.54) is 49.8 Å². The third kappa shape index (κ3) is 7.83. The second-order valence-corrected chi connectivity index (χ2v) is 11.5. The molecule has 5 unspecified atom stereocenters. The van der Waals surface area contributed by atoms with Crippen LogP contribution in [-0.4, -0.2) is 37.7 Å². The molecule has 0 bridgehead atoms. The van der Waals surface area contributed by atoms with Crippen molar-refractivity contribution < 1.29 is 4.74 Å². The van der Waals surface area contributed by atoms with Gasteiger partial charge in [-0.25, -0.2) is 0 Å². The second-order valence-electron chi connectivity index (χ2n) is 11.5. The minimum Gasteiger partial charge on any atom is -0.377 e. The van der Waals surface area contributed by atoms with Crippen LogP contribution in [0.25, 0.3) is 0 Å². The summed E-state index contributed by atoms with van der Waals surface area (Å²) in [5.41, 5.74) is 2.94. The lowest BCUT2D eigenvalue weighted by Crippen LogP contribution is -2.39. The smallest absolute Gasteiger partial charge is 0.0787 e. The first kappa shape index (κ1) is 26.2. The second kappa shape index (κ2) is 12.9. The van der Waals surface area contributed by atoms with Crippen LogP contribution in [0.5, 0.6) is 0 Å². The van der Waals surface area contributed by atoms with E-state index in [0.29, 0.717) is 17.8 Å². The van der Waals surface area contributed by atoms with Crippen molar-refractivity contribution in [1.82, 2.24) is 4.90 Å². The number of hydrogen-bond acceptors (Lipinski definition) is 3. The van der Waals surface area contributed by atoms with Gasteiger partial charge >= 0.3 is 0 Å².